The maximum absolute atomic E-state index is 4.49. The smallest absolute Gasteiger partial charge is 0.136 e. The van der Waals surface area contributed by atoms with E-state index in [9.17, 15) is 0 Å². The van der Waals surface area contributed by atoms with Crippen molar-refractivity contribution in [1.29, 1.82) is 0 Å². The minimum atomic E-state index is 0.576. The average molecular weight is 282 g/mol. The maximum Gasteiger partial charge on any atom is 0.136 e. The number of nitrogens with zero attached hydrogens (tertiary/aromatic N) is 4. The van der Waals surface area contributed by atoms with Crippen LogP contribution in [0.5, 0.6) is 0 Å². The Bertz CT molecular complexity index is 607. The van der Waals surface area contributed by atoms with Crippen molar-refractivity contribution in [2.24, 2.45) is 0 Å². The first kappa shape index (κ1) is 12.9. The van der Waals surface area contributed by atoms with Crippen LogP contribution in [-0.4, -0.2) is 27.9 Å². The van der Waals surface area contributed by atoms with Gasteiger partial charge < -0.3 is 9.47 Å². The minimum absolute atomic E-state index is 0.576. The average Bonchev–Trinajstić information content (AvgIpc) is 3.31. The fourth-order valence-corrected chi connectivity index (χ4v) is 3.48. The Balaban J connectivity index is 1.48. The van der Waals surface area contributed by atoms with Crippen LogP contribution in [0.3, 0.4) is 0 Å². The molecular weight excluding hydrogens is 260 g/mol. The monoisotopic (exact) mass is 282 g/mol. The third-order valence-corrected chi connectivity index (χ3v) is 4.79. The zero-order valence-corrected chi connectivity index (χ0v) is 12.6. The zero-order valence-electron chi connectivity index (χ0n) is 12.6. The summed E-state index contributed by atoms with van der Waals surface area (Å²) in [5.41, 5.74) is 1.34. The maximum atomic E-state index is 4.49. The molecule has 0 atom stereocenters. The van der Waals surface area contributed by atoms with Crippen LogP contribution in [0.15, 0.2) is 30.3 Å². The molecule has 0 unspecified atom stereocenters. The Morgan fingerprint density at radius 3 is 2.33 bits per heavy atom. The van der Waals surface area contributed by atoms with Crippen LogP contribution >= 0.6 is 0 Å². The molecule has 1 aliphatic heterocycles. The highest BCUT2D eigenvalue weighted by molar-refractivity contribution is 5.46. The first-order chi connectivity index (χ1) is 10.3. The summed E-state index contributed by atoms with van der Waals surface area (Å²) in [7, 11) is 0. The summed E-state index contributed by atoms with van der Waals surface area (Å²) in [6.45, 7) is 4.32. The highest BCUT2D eigenvalue weighted by Gasteiger charge is 2.32. The number of anilines is 1. The van der Waals surface area contributed by atoms with E-state index in [1.54, 1.807) is 0 Å². The molecule has 21 heavy (non-hydrogen) atoms. The molecule has 4 rings (SSSR count). The van der Waals surface area contributed by atoms with Gasteiger partial charge in [0.25, 0.3) is 0 Å². The highest BCUT2D eigenvalue weighted by atomic mass is 15.3. The number of hydrogen-bond acceptors (Lipinski definition) is 3. The molecule has 0 spiro atoms. The van der Waals surface area contributed by atoms with E-state index in [2.05, 4.69) is 56.9 Å². The Hall–Kier alpha value is -1.84. The van der Waals surface area contributed by atoms with E-state index in [0.717, 1.165) is 18.9 Å². The molecule has 2 heterocycles. The molecule has 1 aromatic carbocycles. The number of rotatable bonds is 3. The largest absolute Gasteiger partial charge is 0.371 e. The lowest BCUT2D eigenvalue weighted by molar-refractivity contribution is 0.463. The van der Waals surface area contributed by atoms with Crippen molar-refractivity contribution in [3.05, 3.63) is 42.0 Å². The molecule has 4 nitrogen and oxygen atoms in total. The van der Waals surface area contributed by atoms with Gasteiger partial charge in [-0.2, -0.15) is 0 Å². The van der Waals surface area contributed by atoms with Gasteiger partial charge in [0.1, 0.15) is 11.6 Å². The van der Waals surface area contributed by atoms with Crippen molar-refractivity contribution >= 4 is 5.69 Å². The van der Waals surface area contributed by atoms with Gasteiger partial charge in [-0.15, -0.1) is 10.2 Å². The number of hydrogen-bond donors (Lipinski definition) is 0. The Kier molecular flexibility index (Phi) is 3.17. The van der Waals surface area contributed by atoms with Gasteiger partial charge in [-0.25, -0.2) is 0 Å². The minimum Gasteiger partial charge on any atom is -0.371 e. The number of aromatic nitrogens is 3. The molecule has 110 valence electrons. The lowest BCUT2D eigenvalue weighted by Gasteiger charge is -2.33. The summed E-state index contributed by atoms with van der Waals surface area (Å²) in [6.07, 6.45) is 4.96. The topological polar surface area (TPSA) is 34.0 Å². The molecule has 0 bridgehead atoms. The molecule has 0 N–H and O–H groups in total. The van der Waals surface area contributed by atoms with E-state index < -0.39 is 0 Å². The molecule has 2 aromatic rings. The van der Waals surface area contributed by atoms with Crippen LogP contribution in [0.25, 0.3) is 0 Å². The van der Waals surface area contributed by atoms with Crippen molar-refractivity contribution in [2.45, 2.75) is 44.6 Å². The van der Waals surface area contributed by atoms with E-state index >= 15 is 0 Å². The predicted octanol–water partition coefficient (Wildman–Crippen LogP) is 3.31. The summed E-state index contributed by atoms with van der Waals surface area (Å²) in [5, 5.41) is 8.82. The fourth-order valence-electron chi connectivity index (χ4n) is 3.48. The van der Waals surface area contributed by atoms with Crippen LogP contribution in [0.4, 0.5) is 5.69 Å². The van der Waals surface area contributed by atoms with E-state index in [-0.39, 0.29) is 0 Å². The van der Waals surface area contributed by atoms with E-state index in [0.29, 0.717) is 12.0 Å². The summed E-state index contributed by atoms with van der Waals surface area (Å²) < 4.78 is 2.41. The molecule has 0 radical (unpaired) electrons. The third-order valence-electron chi connectivity index (χ3n) is 4.79. The lowest BCUT2D eigenvalue weighted by atomic mass is 9.95. The first-order valence-electron chi connectivity index (χ1n) is 8.04. The number of para-hydroxylation sites is 1. The fraction of sp³-hybridized carbons (Fsp3) is 0.529. The van der Waals surface area contributed by atoms with Gasteiger partial charge in [0.05, 0.1) is 0 Å². The second kappa shape index (κ2) is 5.17. The van der Waals surface area contributed by atoms with Gasteiger partial charge in [-0.05, 0) is 44.7 Å². The molecule has 2 aliphatic rings. The molecule has 1 saturated carbocycles. The van der Waals surface area contributed by atoms with E-state index in [1.165, 1.54) is 37.2 Å². The van der Waals surface area contributed by atoms with E-state index in [1.807, 2.05) is 0 Å². The van der Waals surface area contributed by atoms with Crippen LogP contribution in [0, 0.1) is 6.92 Å². The van der Waals surface area contributed by atoms with Crippen LogP contribution in [0.1, 0.15) is 49.3 Å². The molecular formula is C17H22N4. The highest BCUT2D eigenvalue weighted by Crippen LogP contribution is 2.39. The summed E-state index contributed by atoms with van der Waals surface area (Å²) in [6, 6.07) is 11.4. The molecule has 0 amide bonds. The second-order valence-electron chi connectivity index (χ2n) is 6.30. The first-order valence-corrected chi connectivity index (χ1v) is 8.04. The summed E-state index contributed by atoms with van der Waals surface area (Å²) >= 11 is 0. The van der Waals surface area contributed by atoms with Gasteiger partial charge in [0.15, 0.2) is 0 Å². The molecule has 1 aromatic heterocycles. The van der Waals surface area contributed by atoms with Crippen LogP contribution < -0.4 is 4.90 Å². The number of benzene rings is 1. The normalized spacial score (nSPS) is 20.0. The van der Waals surface area contributed by atoms with Crippen LogP contribution in [0.2, 0.25) is 0 Å². The van der Waals surface area contributed by atoms with Gasteiger partial charge in [-0.3, -0.25) is 0 Å². The predicted molar refractivity (Wildman–Crippen MR) is 83.7 cm³/mol. The second-order valence-corrected chi connectivity index (χ2v) is 6.30. The van der Waals surface area contributed by atoms with Crippen molar-refractivity contribution in [3.63, 3.8) is 0 Å². The van der Waals surface area contributed by atoms with Crippen molar-refractivity contribution < 1.29 is 0 Å². The van der Waals surface area contributed by atoms with Gasteiger partial charge >= 0.3 is 0 Å². The summed E-state index contributed by atoms with van der Waals surface area (Å²) in [4.78, 5) is 2.49. The van der Waals surface area contributed by atoms with Gasteiger partial charge in [-0.1, -0.05) is 18.2 Å². The quantitative estimate of drug-likeness (QED) is 0.866. The number of aryl methyl sites for hydroxylation is 1. The Labute approximate surface area is 125 Å². The number of piperidine rings is 1. The molecule has 1 saturated heterocycles. The SMILES string of the molecule is Cc1nnc(C2CCN(c3ccccc3)CC2)n1C1CC1. The zero-order chi connectivity index (χ0) is 14.2. The summed E-state index contributed by atoms with van der Waals surface area (Å²) in [5.74, 6) is 2.91. The molecule has 2 fully saturated rings. The molecule has 1 aliphatic carbocycles. The van der Waals surface area contributed by atoms with Crippen LogP contribution in [-0.2, 0) is 0 Å². The molecule has 4 heteroatoms. The third kappa shape index (κ3) is 2.43. The lowest BCUT2D eigenvalue weighted by Crippen LogP contribution is -2.33. The van der Waals surface area contributed by atoms with Gasteiger partial charge in [0.2, 0.25) is 0 Å². The Morgan fingerprint density at radius 1 is 0.952 bits per heavy atom. The van der Waals surface area contributed by atoms with E-state index in [4.69, 9.17) is 0 Å². The van der Waals surface area contributed by atoms with Crippen molar-refractivity contribution in [1.82, 2.24) is 14.8 Å². The van der Waals surface area contributed by atoms with Gasteiger partial charge in [0, 0.05) is 30.7 Å². The van der Waals surface area contributed by atoms with Crippen molar-refractivity contribution in [2.75, 3.05) is 18.0 Å². The standard InChI is InChI=1S/C17H22N4/c1-13-18-19-17(21(13)16-7-8-16)14-9-11-20(12-10-14)15-5-3-2-4-6-15/h2-6,14,16H,7-12H2,1H3. The van der Waals surface area contributed by atoms with Crippen molar-refractivity contribution in [3.8, 4) is 0 Å². The Morgan fingerprint density at radius 2 is 1.67 bits per heavy atom.